The second kappa shape index (κ2) is 5.64. The highest BCUT2D eigenvalue weighted by Gasteiger charge is 2.33. The fourth-order valence-corrected chi connectivity index (χ4v) is 1.44. The lowest BCUT2D eigenvalue weighted by atomic mass is 10.1. The highest BCUT2D eigenvalue weighted by molar-refractivity contribution is 6.01. The van der Waals surface area contributed by atoms with Crippen LogP contribution < -0.4 is 4.90 Å². The molecule has 1 rings (SSSR count). The number of rotatable bonds is 5. The van der Waals surface area contributed by atoms with Gasteiger partial charge in [-0.1, -0.05) is 18.2 Å². The van der Waals surface area contributed by atoms with Crippen molar-refractivity contribution in [3.05, 3.63) is 30.3 Å². The molecule has 1 aromatic carbocycles. The Morgan fingerprint density at radius 2 is 1.83 bits per heavy atom. The fraction of sp³-hybridized carbons (Fsp3) is 0.385. The second-order valence-electron chi connectivity index (χ2n) is 4.34. The molecular weight excluding hydrogens is 234 g/mol. The van der Waals surface area contributed by atoms with Crippen molar-refractivity contribution in [1.82, 2.24) is 0 Å². The lowest BCUT2D eigenvalue weighted by Gasteiger charge is -2.29. The number of para-hydroxylation sites is 1. The van der Waals surface area contributed by atoms with E-state index in [-0.39, 0.29) is 0 Å². The first-order valence-electron chi connectivity index (χ1n) is 5.52. The van der Waals surface area contributed by atoms with E-state index in [1.165, 1.54) is 12.0 Å². The van der Waals surface area contributed by atoms with Crippen LogP contribution >= 0.6 is 0 Å². The van der Waals surface area contributed by atoms with Crippen LogP contribution in [0.25, 0.3) is 0 Å². The third-order valence-corrected chi connectivity index (χ3v) is 2.63. The molecule has 1 aromatic rings. The molecule has 0 aliphatic heterocycles. The average molecular weight is 251 g/mol. The molecule has 0 spiro atoms. The van der Waals surface area contributed by atoms with Gasteiger partial charge < -0.3 is 9.84 Å². The van der Waals surface area contributed by atoms with Crippen molar-refractivity contribution in [3.63, 3.8) is 0 Å². The summed E-state index contributed by atoms with van der Waals surface area (Å²) in [4.78, 5) is 24.3. The predicted octanol–water partition coefficient (Wildman–Crippen LogP) is 1.53. The molecule has 0 radical (unpaired) electrons. The van der Waals surface area contributed by atoms with Crippen LogP contribution in [0.4, 0.5) is 5.69 Å². The summed E-state index contributed by atoms with van der Waals surface area (Å²) in [5.41, 5.74) is -0.527. The van der Waals surface area contributed by atoms with Gasteiger partial charge >= 0.3 is 5.97 Å². The van der Waals surface area contributed by atoms with Crippen LogP contribution in [0.2, 0.25) is 0 Å². The van der Waals surface area contributed by atoms with Crippen LogP contribution in [0.5, 0.6) is 0 Å². The van der Waals surface area contributed by atoms with Crippen molar-refractivity contribution in [2.75, 3.05) is 18.6 Å². The maximum atomic E-state index is 12.3. The third kappa shape index (κ3) is 3.30. The molecule has 5 heteroatoms. The van der Waals surface area contributed by atoms with Gasteiger partial charge in [0.15, 0.2) is 0 Å². The van der Waals surface area contributed by atoms with Gasteiger partial charge in [0.05, 0.1) is 0 Å². The molecule has 0 unspecified atom stereocenters. The molecule has 0 saturated carbocycles. The number of anilines is 1. The topological polar surface area (TPSA) is 66.8 Å². The zero-order valence-electron chi connectivity index (χ0n) is 10.7. The Kier molecular flexibility index (Phi) is 4.44. The maximum Gasteiger partial charge on any atom is 0.323 e. The molecule has 0 atom stereocenters. The van der Waals surface area contributed by atoms with Gasteiger partial charge in [-0.25, -0.2) is 0 Å². The zero-order valence-corrected chi connectivity index (χ0v) is 10.7. The minimum Gasteiger partial charge on any atom is -0.480 e. The van der Waals surface area contributed by atoms with Crippen LogP contribution in [0, 0.1) is 0 Å². The molecule has 0 aliphatic carbocycles. The molecule has 5 nitrogen and oxygen atoms in total. The molecule has 0 fully saturated rings. The quantitative estimate of drug-likeness (QED) is 0.861. The van der Waals surface area contributed by atoms with Crippen molar-refractivity contribution in [2.24, 2.45) is 0 Å². The summed E-state index contributed by atoms with van der Waals surface area (Å²) in [7, 11) is 1.42. The number of carboxylic acids is 1. The van der Waals surface area contributed by atoms with E-state index < -0.39 is 24.0 Å². The molecule has 0 bridgehead atoms. The molecule has 0 aromatic heterocycles. The Morgan fingerprint density at radius 3 is 2.28 bits per heavy atom. The lowest BCUT2D eigenvalue weighted by molar-refractivity contribution is -0.141. The number of carbonyl (C=O) groups is 2. The van der Waals surface area contributed by atoms with Gasteiger partial charge in [0.25, 0.3) is 5.91 Å². The van der Waals surface area contributed by atoms with Crippen molar-refractivity contribution < 1.29 is 19.4 Å². The van der Waals surface area contributed by atoms with Crippen molar-refractivity contribution >= 4 is 17.6 Å². The van der Waals surface area contributed by atoms with Gasteiger partial charge in [-0.3, -0.25) is 14.5 Å². The van der Waals surface area contributed by atoms with Crippen molar-refractivity contribution in [3.8, 4) is 0 Å². The monoisotopic (exact) mass is 251 g/mol. The number of benzene rings is 1. The number of hydrogen-bond donors (Lipinski definition) is 1. The van der Waals surface area contributed by atoms with E-state index in [0.717, 1.165) is 0 Å². The highest BCUT2D eigenvalue weighted by atomic mass is 16.5. The first-order valence-corrected chi connectivity index (χ1v) is 5.52. The lowest BCUT2D eigenvalue weighted by Crippen LogP contribution is -2.48. The zero-order chi connectivity index (χ0) is 13.8. The van der Waals surface area contributed by atoms with E-state index in [4.69, 9.17) is 9.84 Å². The average Bonchev–Trinajstić information content (AvgIpc) is 2.36. The van der Waals surface area contributed by atoms with Gasteiger partial charge in [-0.2, -0.15) is 0 Å². The number of hydrogen-bond acceptors (Lipinski definition) is 3. The summed E-state index contributed by atoms with van der Waals surface area (Å²) in [5.74, 6) is -1.46. The molecule has 0 heterocycles. The Balaban J connectivity index is 3.07. The van der Waals surface area contributed by atoms with Crippen molar-refractivity contribution in [2.45, 2.75) is 19.4 Å². The molecule has 1 amide bonds. The molecule has 0 saturated heterocycles. The summed E-state index contributed by atoms with van der Waals surface area (Å²) < 4.78 is 5.10. The largest absolute Gasteiger partial charge is 0.480 e. The van der Waals surface area contributed by atoms with Gasteiger partial charge in [-0.05, 0) is 26.0 Å². The molecule has 18 heavy (non-hydrogen) atoms. The molecule has 0 aliphatic rings. The van der Waals surface area contributed by atoms with Crippen LogP contribution in [0.3, 0.4) is 0 Å². The predicted molar refractivity (Wildman–Crippen MR) is 67.5 cm³/mol. The Bertz CT molecular complexity index is 428. The minimum atomic E-state index is -1.07. The van der Waals surface area contributed by atoms with E-state index in [0.29, 0.717) is 5.69 Å². The summed E-state index contributed by atoms with van der Waals surface area (Å²) in [6, 6.07) is 8.67. The van der Waals surface area contributed by atoms with Crippen LogP contribution in [0.1, 0.15) is 13.8 Å². The van der Waals surface area contributed by atoms with Gasteiger partial charge in [-0.15, -0.1) is 0 Å². The number of methoxy groups -OCH3 is 1. The van der Waals surface area contributed by atoms with E-state index in [1.807, 2.05) is 0 Å². The number of amides is 1. The Morgan fingerprint density at radius 1 is 1.28 bits per heavy atom. The van der Waals surface area contributed by atoms with Gasteiger partial charge in [0.2, 0.25) is 0 Å². The fourth-order valence-electron chi connectivity index (χ4n) is 1.44. The highest BCUT2D eigenvalue weighted by Crippen LogP contribution is 2.19. The molecule has 1 N–H and O–H groups in total. The molecular formula is C13H17NO4. The summed E-state index contributed by atoms with van der Waals surface area (Å²) in [6.07, 6.45) is 0. The summed E-state index contributed by atoms with van der Waals surface area (Å²) in [6.45, 7) is 2.82. The Hall–Kier alpha value is -1.88. The first-order chi connectivity index (χ1) is 8.38. The van der Waals surface area contributed by atoms with E-state index in [9.17, 15) is 9.59 Å². The normalized spacial score (nSPS) is 11.1. The van der Waals surface area contributed by atoms with E-state index in [1.54, 1.807) is 44.2 Å². The molecule has 98 valence electrons. The number of carbonyl (C=O) groups excluding carboxylic acids is 1. The number of aliphatic carboxylic acids is 1. The van der Waals surface area contributed by atoms with E-state index >= 15 is 0 Å². The Labute approximate surface area is 106 Å². The number of carboxylic acid groups (broad SMARTS) is 1. The number of ether oxygens (including phenoxy) is 1. The SMILES string of the molecule is COC(C)(C)C(=O)N(CC(=O)O)c1ccccc1. The van der Waals surface area contributed by atoms with Crippen LogP contribution in [0.15, 0.2) is 30.3 Å². The second-order valence-corrected chi connectivity index (χ2v) is 4.34. The van der Waals surface area contributed by atoms with Gasteiger partial charge in [0.1, 0.15) is 12.1 Å². The minimum absolute atomic E-state index is 0.390. The van der Waals surface area contributed by atoms with Crippen molar-refractivity contribution in [1.29, 1.82) is 0 Å². The van der Waals surface area contributed by atoms with E-state index in [2.05, 4.69) is 0 Å². The standard InChI is InChI=1S/C13H17NO4/c1-13(2,18-3)12(17)14(9-11(15)16)10-7-5-4-6-8-10/h4-8H,9H2,1-3H3,(H,15,16). The van der Waals surface area contributed by atoms with Gasteiger partial charge in [0, 0.05) is 12.8 Å². The number of nitrogens with zero attached hydrogens (tertiary/aromatic N) is 1. The smallest absolute Gasteiger partial charge is 0.323 e. The summed E-state index contributed by atoms with van der Waals surface area (Å²) in [5, 5.41) is 8.90. The first kappa shape index (κ1) is 14.2. The summed E-state index contributed by atoms with van der Waals surface area (Å²) >= 11 is 0. The third-order valence-electron chi connectivity index (χ3n) is 2.63. The maximum absolute atomic E-state index is 12.3. The van der Waals surface area contributed by atoms with Crippen LogP contribution in [-0.2, 0) is 14.3 Å². The van der Waals surface area contributed by atoms with Crippen LogP contribution in [-0.4, -0.2) is 36.2 Å².